The average Bonchev–Trinajstić information content (AvgIpc) is 2.41. The van der Waals surface area contributed by atoms with E-state index in [0.717, 1.165) is 16.6 Å². The van der Waals surface area contributed by atoms with Crippen molar-refractivity contribution < 1.29 is 4.39 Å². The molecule has 0 radical (unpaired) electrons. The Bertz CT molecular complexity index is 592. The molecule has 0 aliphatic rings. The van der Waals surface area contributed by atoms with Crippen LogP contribution in [0.3, 0.4) is 0 Å². The van der Waals surface area contributed by atoms with Gasteiger partial charge in [-0.15, -0.1) is 11.8 Å². The van der Waals surface area contributed by atoms with Crippen molar-refractivity contribution in [2.24, 2.45) is 0 Å². The van der Waals surface area contributed by atoms with Crippen molar-refractivity contribution in [2.75, 3.05) is 5.73 Å². The van der Waals surface area contributed by atoms with Gasteiger partial charge in [0.2, 0.25) is 0 Å². The van der Waals surface area contributed by atoms with Crippen molar-refractivity contribution in [1.82, 2.24) is 9.97 Å². The molecule has 0 aliphatic carbocycles. The Morgan fingerprint density at radius 3 is 2.74 bits per heavy atom. The van der Waals surface area contributed by atoms with Gasteiger partial charge in [0, 0.05) is 4.90 Å². The molecule has 1 heterocycles. The molecule has 0 saturated carbocycles. The molecule has 0 fully saturated rings. The van der Waals surface area contributed by atoms with Crippen molar-refractivity contribution in [2.45, 2.75) is 24.0 Å². The predicted octanol–water partition coefficient (Wildman–Crippen LogP) is 3.82. The average molecular weight is 342 g/mol. The number of thioether (sulfide) groups is 1. The van der Waals surface area contributed by atoms with Crippen LogP contribution in [0, 0.1) is 5.82 Å². The van der Waals surface area contributed by atoms with Gasteiger partial charge in [-0.1, -0.05) is 19.1 Å². The van der Waals surface area contributed by atoms with E-state index in [-0.39, 0.29) is 5.82 Å². The van der Waals surface area contributed by atoms with Crippen LogP contribution in [0.5, 0.6) is 0 Å². The zero-order valence-corrected chi connectivity index (χ0v) is 12.8. The fraction of sp³-hybridized carbons (Fsp3) is 0.231. The third-order valence-corrected chi connectivity index (χ3v) is 4.43. The van der Waals surface area contributed by atoms with Gasteiger partial charge < -0.3 is 5.73 Å². The summed E-state index contributed by atoms with van der Waals surface area (Å²) >= 11 is 4.73. The first kappa shape index (κ1) is 14.3. The summed E-state index contributed by atoms with van der Waals surface area (Å²) in [5.41, 5.74) is 6.69. The first-order valence-corrected chi connectivity index (χ1v) is 7.57. The highest BCUT2D eigenvalue weighted by Crippen LogP contribution is 2.26. The van der Waals surface area contributed by atoms with E-state index < -0.39 is 0 Å². The SMILES string of the molecule is CCc1nc(CSc2ccccc2F)nc(N)c1Br. The van der Waals surface area contributed by atoms with Crippen LogP contribution in [0.15, 0.2) is 33.6 Å². The zero-order valence-electron chi connectivity index (χ0n) is 10.4. The molecule has 0 spiro atoms. The fourth-order valence-corrected chi connectivity index (χ4v) is 2.82. The molecule has 19 heavy (non-hydrogen) atoms. The summed E-state index contributed by atoms with van der Waals surface area (Å²) in [7, 11) is 0. The monoisotopic (exact) mass is 341 g/mol. The van der Waals surface area contributed by atoms with Gasteiger partial charge in [-0.05, 0) is 34.5 Å². The highest BCUT2D eigenvalue weighted by Gasteiger charge is 2.10. The Labute approximate surface area is 124 Å². The summed E-state index contributed by atoms with van der Waals surface area (Å²) in [6.45, 7) is 2.00. The second-order valence-electron chi connectivity index (χ2n) is 3.86. The normalized spacial score (nSPS) is 10.7. The second kappa shape index (κ2) is 6.34. The van der Waals surface area contributed by atoms with Gasteiger partial charge in [-0.3, -0.25) is 0 Å². The van der Waals surface area contributed by atoms with E-state index in [1.54, 1.807) is 18.2 Å². The number of nitrogens with two attached hydrogens (primary N) is 1. The number of benzene rings is 1. The number of halogens is 2. The lowest BCUT2D eigenvalue weighted by atomic mass is 10.3. The van der Waals surface area contributed by atoms with E-state index in [9.17, 15) is 4.39 Å². The smallest absolute Gasteiger partial charge is 0.141 e. The molecule has 100 valence electrons. The van der Waals surface area contributed by atoms with Crippen molar-refractivity contribution >= 4 is 33.5 Å². The zero-order chi connectivity index (χ0) is 13.8. The van der Waals surface area contributed by atoms with Crippen LogP contribution in [0.2, 0.25) is 0 Å². The lowest BCUT2D eigenvalue weighted by Gasteiger charge is -2.07. The van der Waals surface area contributed by atoms with E-state index in [1.165, 1.54) is 17.8 Å². The predicted molar refractivity (Wildman–Crippen MR) is 79.5 cm³/mol. The number of anilines is 1. The number of hydrogen-bond donors (Lipinski definition) is 1. The molecule has 2 N–H and O–H groups in total. The molecule has 6 heteroatoms. The van der Waals surface area contributed by atoms with Crippen molar-refractivity contribution in [3.63, 3.8) is 0 Å². The molecule has 1 aromatic carbocycles. The number of rotatable bonds is 4. The van der Waals surface area contributed by atoms with E-state index in [4.69, 9.17) is 5.73 Å². The Balaban J connectivity index is 2.16. The van der Waals surface area contributed by atoms with E-state index in [2.05, 4.69) is 25.9 Å². The molecule has 0 saturated heterocycles. The van der Waals surface area contributed by atoms with Crippen molar-refractivity contribution in [1.29, 1.82) is 0 Å². The lowest BCUT2D eigenvalue weighted by molar-refractivity contribution is 0.602. The summed E-state index contributed by atoms with van der Waals surface area (Å²) in [4.78, 5) is 9.21. The molecule has 2 aromatic rings. The molecule has 3 nitrogen and oxygen atoms in total. The van der Waals surface area contributed by atoms with Gasteiger partial charge in [-0.25, -0.2) is 14.4 Å². The molecule has 1 aromatic heterocycles. The highest BCUT2D eigenvalue weighted by molar-refractivity contribution is 9.10. The van der Waals surface area contributed by atoms with E-state index in [0.29, 0.717) is 22.3 Å². The standard InChI is InChI=1S/C13H13BrFN3S/c1-2-9-12(14)13(16)18-11(17-9)7-19-10-6-4-3-5-8(10)15/h3-6H,2,7H2,1H3,(H2,16,17,18). The Hall–Kier alpha value is -1.14. The summed E-state index contributed by atoms with van der Waals surface area (Å²) in [5, 5.41) is 0. The number of aryl methyl sites for hydroxylation is 1. The molecular weight excluding hydrogens is 329 g/mol. The van der Waals surface area contributed by atoms with Crippen molar-refractivity contribution in [3.8, 4) is 0 Å². The minimum Gasteiger partial charge on any atom is -0.383 e. The second-order valence-corrected chi connectivity index (χ2v) is 5.67. The number of nitrogen functional groups attached to an aromatic ring is 1. The maximum absolute atomic E-state index is 13.5. The number of nitrogens with zero attached hydrogens (tertiary/aromatic N) is 2. The van der Waals surface area contributed by atoms with Gasteiger partial charge in [0.05, 0.1) is 15.9 Å². The number of aromatic nitrogens is 2. The Kier molecular flexibility index (Phi) is 4.76. The van der Waals surface area contributed by atoms with Gasteiger partial charge in [0.25, 0.3) is 0 Å². The van der Waals surface area contributed by atoms with Gasteiger partial charge in [-0.2, -0.15) is 0 Å². The quantitative estimate of drug-likeness (QED) is 0.859. The summed E-state index contributed by atoms with van der Waals surface area (Å²) in [6.07, 6.45) is 0.769. The summed E-state index contributed by atoms with van der Waals surface area (Å²) in [5.74, 6) is 1.31. The maximum Gasteiger partial charge on any atom is 0.141 e. The third kappa shape index (κ3) is 3.45. The minimum absolute atomic E-state index is 0.228. The topological polar surface area (TPSA) is 51.8 Å². The first-order chi connectivity index (χ1) is 9.11. The van der Waals surface area contributed by atoms with Crippen molar-refractivity contribution in [3.05, 3.63) is 46.1 Å². The van der Waals surface area contributed by atoms with Crippen LogP contribution in [-0.2, 0) is 12.2 Å². The van der Waals surface area contributed by atoms with Crippen LogP contribution in [-0.4, -0.2) is 9.97 Å². The first-order valence-electron chi connectivity index (χ1n) is 5.80. The fourth-order valence-electron chi connectivity index (χ4n) is 1.57. The molecule has 0 bridgehead atoms. The lowest BCUT2D eigenvalue weighted by Crippen LogP contribution is -2.04. The summed E-state index contributed by atoms with van der Waals surface area (Å²) in [6, 6.07) is 6.65. The molecular formula is C13H13BrFN3S. The number of hydrogen-bond acceptors (Lipinski definition) is 4. The molecule has 0 atom stereocenters. The van der Waals surface area contributed by atoms with E-state index >= 15 is 0 Å². The van der Waals surface area contributed by atoms with Crippen LogP contribution >= 0.6 is 27.7 Å². The molecule has 0 aliphatic heterocycles. The van der Waals surface area contributed by atoms with E-state index in [1.807, 2.05) is 6.92 Å². The molecule has 0 amide bonds. The third-order valence-electron chi connectivity index (χ3n) is 2.52. The molecule has 0 unspecified atom stereocenters. The van der Waals surface area contributed by atoms with Crippen LogP contribution in [0.4, 0.5) is 10.2 Å². The van der Waals surface area contributed by atoms with Crippen LogP contribution in [0.1, 0.15) is 18.4 Å². The maximum atomic E-state index is 13.5. The highest BCUT2D eigenvalue weighted by atomic mass is 79.9. The Morgan fingerprint density at radius 1 is 1.32 bits per heavy atom. The van der Waals surface area contributed by atoms with Crippen LogP contribution < -0.4 is 5.73 Å². The van der Waals surface area contributed by atoms with Crippen LogP contribution in [0.25, 0.3) is 0 Å². The molecule has 2 rings (SSSR count). The van der Waals surface area contributed by atoms with Gasteiger partial charge >= 0.3 is 0 Å². The summed E-state index contributed by atoms with van der Waals surface area (Å²) < 4.78 is 14.2. The minimum atomic E-state index is -0.228. The largest absolute Gasteiger partial charge is 0.383 e. The Morgan fingerprint density at radius 2 is 2.05 bits per heavy atom. The van der Waals surface area contributed by atoms with Gasteiger partial charge in [0.15, 0.2) is 0 Å². The van der Waals surface area contributed by atoms with Gasteiger partial charge in [0.1, 0.15) is 17.5 Å².